The van der Waals surface area contributed by atoms with Crippen LogP contribution in [-0.2, 0) is 55.2 Å². The number of hydrogen-bond acceptors (Lipinski definition) is 12. The SMILES string of the molecule is [Cl][Rh][Cl].[NH-]c1ccc(S(=O)(=O)Nc2ccccn2)cc1.[NH-]c1ccc(S(=O)(=O)Nc2ccccn2)cc1.[NH-]c1ccc(S(=O)(=O)Nc2ccccn2)cc1.[NH-]c1ccc(S(=O)(=O)Nc2ccccn2)cc1. The first-order valence-corrected chi connectivity index (χ1v) is 29.7. The van der Waals surface area contributed by atoms with Crippen LogP contribution in [0.2, 0.25) is 0 Å². The Balaban J connectivity index is 0.000000202. The van der Waals surface area contributed by atoms with Crippen LogP contribution in [0.15, 0.2) is 214 Å². The molecule has 375 valence electrons. The van der Waals surface area contributed by atoms with E-state index in [-0.39, 0.29) is 80.7 Å². The number of nitrogens with one attached hydrogen (secondary N) is 8. The van der Waals surface area contributed by atoms with Crippen molar-refractivity contribution in [3.8, 4) is 0 Å². The van der Waals surface area contributed by atoms with Crippen molar-refractivity contribution in [2.45, 2.75) is 19.6 Å². The van der Waals surface area contributed by atoms with Gasteiger partial charge in [-0.3, -0.25) is 18.9 Å². The van der Waals surface area contributed by atoms with Crippen LogP contribution in [0.1, 0.15) is 0 Å². The van der Waals surface area contributed by atoms with Crippen molar-refractivity contribution < 1.29 is 48.8 Å². The number of nitrogens with zero attached hydrogens (tertiary/aromatic N) is 4. The van der Waals surface area contributed by atoms with Crippen molar-refractivity contribution in [2.24, 2.45) is 0 Å². The van der Waals surface area contributed by atoms with Gasteiger partial charge >= 0.3 is 34.5 Å². The maximum atomic E-state index is 11.9. The summed E-state index contributed by atoms with van der Waals surface area (Å²) in [4.78, 5) is 16.0. The maximum absolute atomic E-state index is 11.9. The van der Waals surface area contributed by atoms with E-state index in [2.05, 4.69) is 38.8 Å². The van der Waals surface area contributed by atoms with Gasteiger partial charge in [0.25, 0.3) is 40.1 Å². The van der Waals surface area contributed by atoms with Gasteiger partial charge in [-0.25, -0.2) is 53.6 Å². The molecule has 0 radical (unpaired) electrons. The van der Waals surface area contributed by atoms with Crippen molar-refractivity contribution in [1.29, 1.82) is 0 Å². The van der Waals surface area contributed by atoms with Gasteiger partial charge in [-0.05, 0) is 97.1 Å². The molecule has 4 heterocycles. The van der Waals surface area contributed by atoms with Crippen LogP contribution in [0.4, 0.5) is 46.0 Å². The Hall–Kier alpha value is -7.12. The third-order valence-electron chi connectivity index (χ3n) is 8.27. The topological polar surface area (TPSA) is 331 Å². The third-order valence-corrected chi connectivity index (χ3v) is 13.8. The van der Waals surface area contributed by atoms with Crippen molar-refractivity contribution >= 4 is 105 Å². The second kappa shape index (κ2) is 27.3. The van der Waals surface area contributed by atoms with E-state index in [1.54, 1.807) is 72.8 Å². The molecule has 0 spiro atoms. The molecule has 0 aliphatic rings. The fourth-order valence-electron chi connectivity index (χ4n) is 5.02. The molecule has 0 saturated heterocycles. The van der Waals surface area contributed by atoms with E-state index in [9.17, 15) is 33.7 Å². The summed E-state index contributed by atoms with van der Waals surface area (Å²) >= 11 is -0.226. The minimum Gasteiger partial charge on any atom is -0.699 e. The van der Waals surface area contributed by atoms with Crippen LogP contribution in [-0.4, -0.2) is 53.6 Å². The van der Waals surface area contributed by atoms with Crippen molar-refractivity contribution in [3.63, 3.8) is 0 Å². The van der Waals surface area contributed by atoms with Gasteiger partial charge in [-0.15, -0.1) is 22.7 Å². The smallest absolute Gasteiger partial charge is 0.263 e. The Morgan fingerprint density at radius 3 is 0.620 bits per heavy atom. The summed E-state index contributed by atoms with van der Waals surface area (Å²) in [5.41, 5.74) is 30.2. The fourth-order valence-corrected chi connectivity index (χ4v) is 9.05. The van der Waals surface area contributed by atoms with E-state index >= 15 is 0 Å². The molecule has 27 heteroatoms. The zero-order valence-electron chi connectivity index (χ0n) is 36.3. The standard InChI is InChI=1S/4C11H10N3O2S.2ClH.Rh/c4*12-9-4-6-10(7-5-9)17(15,16)14-11-3-1-2-8-13-11;;;/h4*1-8,12H,(H,13,14);2*1H;/q4*-1;;;+2/p-2. The molecule has 4 aromatic heterocycles. The monoisotopic (exact) mass is 1170 g/mol. The van der Waals surface area contributed by atoms with Gasteiger partial charge < -0.3 is 22.9 Å². The molecule has 0 unspecified atom stereocenters. The molecular weight excluding hydrogens is 1130 g/mol. The molecule has 20 nitrogen and oxygen atoms in total. The summed E-state index contributed by atoms with van der Waals surface area (Å²) < 4.78 is 105. The molecule has 0 amide bonds. The van der Waals surface area contributed by atoms with Gasteiger partial charge in [0.15, 0.2) is 0 Å². The summed E-state index contributed by atoms with van der Waals surface area (Å²) in [5, 5.41) is 0. The first-order chi connectivity index (χ1) is 33.7. The third kappa shape index (κ3) is 19.7. The molecule has 0 fully saturated rings. The van der Waals surface area contributed by atoms with Crippen LogP contribution in [0.5, 0.6) is 0 Å². The predicted molar refractivity (Wildman–Crippen MR) is 274 cm³/mol. The number of sulfonamides is 4. The molecule has 8 aromatic rings. The van der Waals surface area contributed by atoms with E-state index < -0.39 is 40.1 Å². The Morgan fingerprint density at radius 1 is 0.310 bits per heavy atom. The molecule has 0 aliphatic heterocycles. The molecule has 0 atom stereocenters. The van der Waals surface area contributed by atoms with Gasteiger partial charge in [0.2, 0.25) is 0 Å². The molecule has 0 aliphatic carbocycles. The molecule has 4 aromatic carbocycles. The molecule has 71 heavy (non-hydrogen) atoms. The van der Waals surface area contributed by atoms with Crippen LogP contribution in [0, 0.1) is 0 Å². The molecule has 8 N–H and O–H groups in total. The Morgan fingerprint density at radius 2 is 0.479 bits per heavy atom. The zero-order valence-corrected chi connectivity index (χ0v) is 42.7. The molecular formula is C44H40Cl2N12O8RhS4-4. The van der Waals surface area contributed by atoms with Crippen molar-refractivity contribution in [3.05, 3.63) is 218 Å². The van der Waals surface area contributed by atoms with Crippen LogP contribution >= 0.6 is 19.4 Å². The Kier molecular flexibility index (Phi) is 21.7. The second-order valence-electron chi connectivity index (χ2n) is 13.4. The van der Waals surface area contributed by atoms with E-state index in [1.165, 1.54) is 122 Å². The van der Waals surface area contributed by atoms with Crippen molar-refractivity contribution in [1.82, 2.24) is 19.9 Å². The molecule has 0 bridgehead atoms. The van der Waals surface area contributed by atoms with Crippen LogP contribution in [0.3, 0.4) is 0 Å². The first kappa shape index (κ1) is 56.5. The Labute approximate surface area is 427 Å². The van der Waals surface area contributed by atoms with Crippen molar-refractivity contribution in [2.75, 3.05) is 18.9 Å². The quantitative estimate of drug-likeness (QED) is 0.0830. The van der Waals surface area contributed by atoms with E-state index in [0.717, 1.165) is 0 Å². The Bertz CT molecular complexity index is 2870. The van der Waals surface area contributed by atoms with E-state index in [0.29, 0.717) is 0 Å². The van der Waals surface area contributed by atoms with E-state index in [4.69, 9.17) is 42.3 Å². The average Bonchev–Trinajstić information content (AvgIpc) is 3.34. The summed E-state index contributed by atoms with van der Waals surface area (Å²) in [6, 6.07) is 42.3. The summed E-state index contributed by atoms with van der Waals surface area (Å²) in [7, 11) is -4.84. The second-order valence-corrected chi connectivity index (χ2v) is 22.6. The number of aromatic nitrogens is 4. The zero-order chi connectivity index (χ0) is 51.9. The van der Waals surface area contributed by atoms with Gasteiger partial charge in [0.05, 0.1) is 19.6 Å². The number of halogens is 2. The predicted octanol–water partition coefficient (Wildman–Crippen LogP) is 11.6. The number of anilines is 4. The molecule has 8 rings (SSSR count). The number of pyridine rings is 4. The van der Waals surface area contributed by atoms with Gasteiger partial charge in [0, 0.05) is 24.8 Å². The maximum Gasteiger partial charge on any atom is 0.263 e. The number of hydrogen-bond donors (Lipinski definition) is 4. The van der Waals surface area contributed by atoms with Crippen LogP contribution in [0.25, 0.3) is 22.9 Å². The van der Waals surface area contributed by atoms with Crippen LogP contribution < -0.4 is 18.9 Å². The van der Waals surface area contributed by atoms with Gasteiger partial charge in [-0.2, -0.15) is 0 Å². The average molecular weight is 1170 g/mol. The largest absolute Gasteiger partial charge is 0.699 e. The minimum atomic E-state index is -3.63. The number of rotatable bonds is 12. The number of benzene rings is 4. The first-order valence-electron chi connectivity index (χ1n) is 19.6. The van der Waals surface area contributed by atoms with Gasteiger partial charge in [0.1, 0.15) is 23.3 Å². The summed E-state index contributed by atoms with van der Waals surface area (Å²) in [5.74, 6) is 1.06. The normalized spacial score (nSPS) is 10.9. The minimum absolute atomic E-state index is 0.110. The summed E-state index contributed by atoms with van der Waals surface area (Å²) in [6.45, 7) is 0. The van der Waals surface area contributed by atoms with E-state index in [1.807, 2.05) is 0 Å². The van der Waals surface area contributed by atoms with Gasteiger partial charge in [-0.1, -0.05) is 72.8 Å². The fraction of sp³-hybridized carbons (Fsp3) is 0. The summed E-state index contributed by atoms with van der Waals surface area (Å²) in [6.07, 6.45) is 6.02. The molecule has 0 saturated carbocycles.